The third-order valence-electron chi connectivity index (χ3n) is 8.99. The Morgan fingerprint density at radius 1 is 0.759 bits per heavy atom. The maximum Gasteiger partial charge on any atom is 0.264 e. The highest BCUT2D eigenvalue weighted by atomic mass is 35.5. The first kappa shape index (κ1) is 41.4. The Labute approximate surface area is 338 Å². The molecule has 0 amide bonds. The number of rotatable bonds is 9. The highest BCUT2D eigenvalue weighted by molar-refractivity contribution is 7.93. The van der Waals surface area contributed by atoms with E-state index < -0.39 is 50.5 Å². The molecule has 298 valence electrons. The summed E-state index contributed by atoms with van der Waals surface area (Å²) < 4.78 is 80.7. The van der Waals surface area contributed by atoms with E-state index in [9.17, 15) is 36.2 Å². The molecule has 2 aliphatic heterocycles. The number of carbonyl (C=O) groups excluding carboxylic acids is 1. The van der Waals surface area contributed by atoms with Gasteiger partial charge in [-0.25, -0.2) is 21.2 Å². The smallest absolute Gasteiger partial charge is 0.264 e. The predicted molar refractivity (Wildman–Crippen MR) is 211 cm³/mol. The fraction of sp³-hybridized carbons (Fsp3) is 0.175. The van der Waals surface area contributed by atoms with Gasteiger partial charge >= 0.3 is 0 Å². The third kappa shape index (κ3) is 8.54. The molecule has 2 heterocycles. The van der Waals surface area contributed by atoms with Gasteiger partial charge in [0, 0.05) is 12.1 Å². The highest BCUT2D eigenvalue weighted by Crippen LogP contribution is 2.40. The van der Waals surface area contributed by atoms with Crippen LogP contribution in [0.15, 0.2) is 113 Å². The van der Waals surface area contributed by atoms with Crippen molar-refractivity contribution in [1.82, 2.24) is 0 Å². The van der Waals surface area contributed by atoms with Crippen molar-refractivity contribution in [3.8, 4) is 23.6 Å². The van der Waals surface area contributed by atoms with Gasteiger partial charge in [0.25, 0.3) is 20.0 Å². The van der Waals surface area contributed by atoms with Gasteiger partial charge in [0.15, 0.2) is 5.78 Å². The van der Waals surface area contributed by atoms with E-state index >= 15 is 0 Å². The van der Waals surface area contributed by atoms with Crippen molar-refractivity contribution < 1.29 is 45.7 Å². The Bertz CT molecular complexity index is 2690. The van der Waals surface area contributed by atoms with Crippen LogP contribution in [0.5, 0.6) is 11.5 Å². The molecule has 0 spiro atoms. The number of nitrogens with zero attached hydrogens (tertiary/aromatic N) is 4. The molecule has 0 unspecified atom stereocenters. The second-order valence-corrected chi connectivity index (χ2v) is 17.1. The van der Waals surface area contributed by atoms with Gasteiger partial charge in [0.2, 0.25) is 0 Å². The number of sulfonamides is 2. The van der Waals surface area contributed by atoms with Crippen molar-refractivity contribution in [3.05, 3.63) is 136 Å². The lowest BCUT2D eigenvalue weighted by atomic mass is 10.0. The SMILES string of the molecule is N#Cc1cccc(S(=O)(=O)N2C[C@H](CO)Oc3ccc(CC(=O)c4c(F)cccc4Cl)cc32)c1.N#Cc1cccc(S(=O)(=O)N2C[C@H](CO)Oc3ccc(N)cc32)c1. The summed E-state index contributed by atoms with van der Waals surface area (Å²) in [5.74, 6) is -0.782. The number of carbonyl (C=O) groups is 1. The van der Waals surface area contributed by atoms with Crippen molar-refractivity contribution in [2.24, 2.45) is 0 Å². The Hall–Kier alpha value is -6.21. The number of ketones is 1. The number of Topliss-reactive ketones (excluding diaryl/α,β-unsaturated/α-hetero) is 1. The molecule has 0 bridgehead atoms. The van der Waals surface area contributed by atoms with Crippen LogP contribution in [0, 0.1) is 28.5 Å². The molecule has 0 aliphatic carbocycles. The largest absolute Gasteiger partial charge is 0.484 e. The fourth-order valence-electron chi connectivity index (χ4n) is 6.19. The standard InChI is InChI=1S/C24H18ClFN2O5S.C16H15N3O4S/c25-19-5-2-6-20(26)24(19)22(30)11-15-7-8-23-21(10-15)28(13-17(14-29)33-23)34(31,32)18-4-1-3-16(9-18)12-27;17-8-11-2-1-3-14(6-11)24(21,22)19-9-13(10-20)23-16-5-4-12(18)7-15(16)19/h1-10,17,29H,11,13-14H2;1-7,13,20H,9-10,18H2/t17-;13-/m11/s1. The number of hydrogen-bond donors (Lipinski definition) is 3. The number of nitrogen functional groups attached to an aromatic ring is 1. The lowest BCUT2D eigenvalue weighted by molar-refractivity contribution is 0.0989. The van der Waals surface area contributed by atoms with Crippen molar-refractivity contribution >= 4 is 54.5 Å². The topological polar surface area (TPSA) is 224 Å². The number of benzene rings is 5. The molecule has 0 saturated carbocycles. The maximum atomic E-state index is 14.2. The van der Waals surface area contributed by atoms with E-state index in [4.69, 9.17) is 37.3 Å². The predicted octanol–water partition coefficient (Wildman–Crippen LogP) is 4.81. The summed E-state index contributed by atoms with van der Waals surface area (Å²) in [7, 11) is -8.07. The van der Waals surface area contributed by atoms with Crippen LogP contribution < -0.4 is 23.8 Å². The number of halogens is 2. The summed E-state index contributed by atoms with van der Waals surface area (Å²) in [6.07, 6.45) is -1.73. The van der Waals surface area contributed by atoms with Crippen LogP contribution in [0.25, 0.3) is 0 Å². The quantitative estimate of drug-likeness (QED) is 0.134. The molecule has 5 aromatic rings. The number of aliphatic hydroxyl groups is 2. The first-order chi connectivity index (χ1) is 27.7. The van der Waals surface area contributed by atoms with Crippen LogP contribution in [0.1, 0.15) is 27.0 Å². The van der Waals surface area contributed by atoms with Crippen molar-refractivity contribution in [2.45, 2.75) is 28.4 Å². The van der Waals surface area contributed by atoms with Gasteiger partial charge in [-0.2, -0.15) is 10.5 Å². The zero-order chi connectivity index (χ0) is 41.8. The Morgan fingerprint density at radius 3 is 1.76 bits per heavy atom. The molecule has 7 rings (SSSR count). The summed E-state index contributed by atoms with van der Waals surface area (Å²) in [4.78, 5) is 12.6. The Balaban J connectivity index is 0.000000208. The molecule has 4 N–H and O–H groups in total. The van der Waals surface area contributed by atoms with E-state index in [0.29, 0.717) is 22.7 Å². The molecule has 0 aromatic heterocycles. The van der Waals surface area contributed by atoms with Crippen LogP contribution in [0.4, 0.5) is 21.5 Å². The van der Waals surface area contributed by atoms with Crippen LogP contribution >= 0.6 is 11.6 Å². The van der Waals surface area contributed by atoms with Crippen molar-refractivity contribution in [1.29, 1.82) is 10.5 Å². The molecule has 2 aliphatic rings. The van der Waals surface area contributed by atoms with E-state index in [1.807, 2.05) is 12.1 Å². The molecule has 18 heteroatoms. The molecular formula is C40H33ClFN5O9S2. The first-order valence-corrected chi connectivity index (χ1v) is 20.6. The average Bonchev–Trinajstić information content (AvgIpc) is 3.23. The lowest BCUT2D eigenvalue weighted by Gasteiger charge is -2.35. The molecule has 0 fully saturated rings. The summed E-state index contributed by atoms with van der Waals surface area (Å²) in [5, 5.41) is 37.1. The molecule has 0 saturated heterocycles. The minimum Gasteiger partial charge on any atom is -0.484 e. The van der Waals surface area contributed by atoms with Gasteiger partial charge in [-0.05, 0) is 84.4 Å². The van der Waals surface area contributed by atoms with Crippen LogP contribution in [0.2, 0.25) is 5.02 Å². The maximum absolute atomic E-state index is 14.2. The normalized spacial score (nSPS) is 15.9. The monoisotopic (exact) mass is 845 g/mol. The number of aliphatic hydroxyl groups excluding tert-OH is 2. The molecule has 0 radical (unpaired) electrons. The van der Waals surface area contributed by atoms with Crippen LogP contribution in [-0.4, -0.2) is 71.3 Å². The molecule has 58 heavy (non-hydrogen) atoms. The molecular weight excluding hydrogens is 813 g/mol. The van der Waals surface area contributed by atoms with Gasteiger partial charge in [0.1, 0.15) is 29.5 Å². The van der Waals surface area contributed by atoms with Gasteiger partial charge < -0.3 is 25.4 Å². The van der Waals surface area contributed by atoms with E-state index in [2.05, 4.69) is 0 Å². The zero-order valence-corrected chi connectivity index (χ0v) is 32.6. The molecule has 14 nitrogen and oxygen atoms in total. The van der Waals surface area contributed by atoms with Gasteiger partial charge in [-0.1, -0.05) is 35.9 Å². The van der Waals surface area contributed by atoms with Crippen molar-refractivity contribution in [2.75, 3.05) is 40.6 Å². The zero-order valence-electron chi connectivity index (χ0n) is 30.2. The lowest BCUT2D eigenvalue weighted by Crippen LogP contribution is -2.45. The minimum atomic E-state index is -4.14. The summed E-state index contributed by atoms with van der Waals surface area (Å²) in [5.41, 5.74) is 7.23. The first-order valence-electron chi connectivity index (χ1n) is 17.3. The summed E-state index contributed by atoms with van der Waals surface area (Å²) in [6, 6.07) is 28.3. The van der Waals surface area contributed by atoms with E-state index in [0.717, 1.165) is 14.7 Å². The molecule has 2 atom stereocenters. The van der Waals surface area contributed by atoms with Crippen molar-refractivity contribution in [3.63, 3.8) is 0 Å². The minimum absolute atomic E-state index is 0.00601. The Kier molecular flexibility index (Phi) is 12.2. The van der Waals surface area contributed by atoms with Gasteiger partial charge in [0.05, 0.1) is 81.3 Å². The van der Waals surface area contributed by atoms with E-state index in [1.54, 1.807) is 18.2 Å². The summed E-state index contributed by atoms with van der Waals surface area (Å²) >= 11 is 6.00. The van der Waals surface area contributed by atoms with Gasteiger partial charge in [-0.15, -0.1) is 0 Å². The van der Waals surface area contributed by atoms with Crippen LogP contribution in [0.3, 0.4) is 0 Å². The average molecular weight is 846 g/mol. The second-order valence-electron chi connectivity index (χ2n) is 12.9. The number of ether oxygens (including phenoxy) is 2. The van der Waals surface area contributed by atoms with E-state index in [-0.39, 0.29) is 69.1 Å². The highest BCUT2D eigenvalue weighted by Gasteiger charge is 2.36. The second kappa shape index (κ2) is 17.1. The van der Waals surface area contributed by atoms with E-state index in [1.165, 1.54) is 78.9 Å². The molecule has 5 aromatic carbocycles. The fourth-order valence-corrected chi connectivity index (χ4v) is 9.55. The summed E-state index contributed by atoms with van der Waals surface area (Å²) in [6.45, 7) is -0.977. The van der Waals surface area contributed by atoms with Gasteiger partial charge in [-0.3, -0.25) is 13.4 Å². The number of fused-ring (bicyclic) bond motifs is 2. The van der Waals surface area contributed by atoms with Crippen LogP contribution in [-0.2, 0) is 26.5 Å². The number of anilines is 3. The number of nitriles is 2. The third-order valence-corrected chi connectivity index (χ3v) is 12.9. The number of hydrogen-bond acceptors (Lipinski definition) is 12. The number of nitrogens with two attached hydrogens (primary N) is 1. The Morgan fingerprint density at radius 2 is 1.26 bits per heavy atom.